The van der Waals surface area contributed by atoms with Crippen LogP contribution < -0.4 is 4.74 Å². The summed E-state index contributed by atoms with van der Waals surface area (Å²) < 4.78 is 28.5. The van der Waals surface area contributed by atoms with Gasteiger partial charge < -0.3 is 19.1 Å². The summed E-state index contributed by atoms with van der Waals surface area (Å²) in [7, 11) is 1.61. The first-order chi connectivity index (χ1) is 17.2. The first kappa shape index (κ1) is 26.5. The lowest BCUT2D eigenvalue weighted by Gasteiger charge is -2.29. The van der Waals surface area contributed by atoms with E-state index in [0.717, 1.165) is 17.5 Å². The molecule has 0 aliphatic carbocycles. The normalized spacial score (nSPS) is 14.3. The minimum atomic E-state index is -1.42. The number of halogens is 1. The highest BCUT2D eigenvalue weighted by Gasteiger charge is 2.35. The van der Waals surface area contributed by atoms with E-state index in [1.807, 2.05) is 6.92 Å². The number of aromatic nitrogens is 2. The van der Waals surface area contributed by atoms with Crippen molar-refractivity contribution in [3.63, 3.8) is 0 Å². The fourth-order valence-corrected chi connectivity index (χ4v) is 4.97. The Kier molecular flexibility index (Phi) is 6.71. The average molecular weight is 511 g/mol. The molecule has 37 heavy (non-hydrogen) atoms. The van der Waals surface area contributed by atoms with Crippen LogP contribution in [0.1, 0.15) is 73.1 Å². The number of rotatable bonds is 6. The van der Waals surface area contributed by atoms with Crippen LogP contribution in [0, 0.1) is 19.7 Å². The molecule has 4 rings (SSSR count). The van der Waals surface area contributed by atoms with E-state index in [4.69, 9.17) is 9.47 Å². The molecule has 0 fully saturated rings. The van der Waals surface area contributed by atoms with Crippen molar-refractivity contribution in [2.45, 2.75) is 66.1 Å². The van der Waals surface area contributed by atoms with Gasteiger partial charge in [-0.25, -0.2) is 14.2 Å². The zero-order chi connectivity index (χ0) is 27.4. The number of carboxylic acid groups (broad SMARTS) is 1. The molecule has 3 aromatic rings. The lowest BCUT2D eigenvalue weighted by Crippen LogP contribution is -2.28. The molecule has 1 aromatic carbocycles. The van der Waals surface area contributed by atoms with Gasteiger partial charge in [0.1, 0.15) is 5.65 Å². The molecule has 8 nitrogen and oxygen atoms in total. The molecular formula is C28H31FN2O6. The van der Waals surface area contributed by atoms with Crippen molar-refractivity contribution in [3.05, 3.63) is 46.0 Å². The van der Waals surface area contributed by atoms with Crippen LogP contribution in [0.15, 0.2) is 12.1 Å². The topological polar surface area (TPSA) is 108 Å². The molecule has 0 amide bonds. The maximum absolute atomic E-state index is 15.4. The highest BCUT2D eigenvalue weighted by Crippen LogP contribution is 2.44. The van der Waals surface area contributed by atoms with Crippen molar-refractivity contribution >= 4 is 28.6 Å². The molecule has 0 unspecified atom stereocenters. The maximum Gasteiger partial charge on any atom is 0.337 e. The lowest BCUT2D eigenvalue weighted by molar-refractivity contribution is -0.160. The highest BCUT2D eigenvalue weighted by molar-refractivity contribution is 6.43. The van der Waals surface area contributed by atoms with Gasteiger partial charge in [0, 0.05) is 41.7 Å². The molecule has 1 atom stereocenters. The number of hydrogen-bond donors (Lipinski definition) is 1. The fraction of sp³-hybridized carbons (Fsp3) is 0.429. The fourth-order valence-electron chi connectivity index (χ4n) is 4.97. The molecule has 196 valence electrons. The molecule has 0 saturated carbocycles. The first-order valence-electron chi connectivity index (χ1n) is 12.1. The van der Waals surface area contributed by atoms with Crippen molar-refractivity contribution in [2.75, 3.05) is 6.61 Å². The van der Waals surface area contributed by atoms with Crippen molar-refractivity contribution in [1.82, 2.24) is 9.55 Å². The van der Waals surface area contributed by atoms with Gasteiger partial charge in [0.15, 0.2) is 17.7 Å². The molecule has 2 aromatic heterocycles. The molecule has 9 heteroatoms. The molecule has 1 aliphatic rings. The van der Waals surface area contributed by atoms with E-state index in [-0.39, 0.29) is 17.0 Å². The second-order valence-corrected chi connectivity index (χ2v) is 10.4. The maximum atomic E-state index is 15.4. The summed E-state index contributed by atoms with van der Waals surface area (Å²) in [6, 6.07) is 2.86. The van der Waals surface area contributed by atoms with Crippen molar-refractivity contribution in [3.8, 4) is 16.9 Å². The summed E-state index contributed by atoms with van der Waals surface area (Å²) in [6.45, 7) is 10.4. The second-order valence-electron chi connectivity index (χ2n) is 10.4. The molecule has 3 heterocycles. The van der Waals surface area contributed by atoms with Gasteiger partial charge in [-0.05, 0) is 70.7 Å². The predicted molar refractivity (Wildman–Crippen MR) is 136 cm³/mol. The minimum Gasteiger partial charge on any atom is -0.490 e. The van der Waals surface area contributed by atoms with Gasteiger partial charge in [-0.3, -0.25) is 9.59 Å². The Hall–Kier alpha value is -3.59. The standard InChI is InChI=1S/C28H31FN2O6/c1-13-16-9-8-10-36-24(16)19(29)11-17(13)22-18-12-20(23(33)15(3)32)31(7)26(18)30-14(2)21(22)25(27(34)35)37-28(4,5)6/h11-12,25H,8-10H2,1-7H3,(H,34,35)/t25-/m0/s1. The monoisotopic (exact) mass is 510 g/mol. The van der Waals surface area contributed by atoms with E-state index in [0.29, 0.717) is 40.9 Å². The first-order valence-corrected chi connectivity index (χ1v) is 12.1. The van der Waals surface area contributed by atoms with E-state index in [1.54, 1.807) is 34.7 Å². The Bertz CT molecular complexity index is 1460. The van der Waals surface area contributed by atoms with E-state index in [9.17, 15) is 19.5 Å². The minimum absolute atomic E-state index is 0.107. The Morgan fingerprint density at radius 1 is 1.22 bits per heavy atom. The number of hydrogen-bond acceptors (Lipinski definition) is 6. The van der Waals surface area contributed by atoms with Crippen LogP contribution in [0.5, 0.6) is 5.75 Å². The quantitative estimate of drug-likeness (QED) is 0.366. The second kappa shape index (κ2) is 9.37. The largest absolute Gasteiger partial charge is 0.490 e. The zero-order valence-corrected chi connectivity index (χ0v) is 22.1. The van der Waals surface area contributed by atoms with E-state index < -0.39 is 35.1 Å². The summed E-state index contributed by atoms with van der Waals surface area (Å²) in [4.78, 5) is 41.8. The van der Waals surface area contributed by atoms with Gasteiger partial charge in [0.05, 0.1) is 17.9 Å². The highest BCUT2D eigenvalue weighted by atomic mass is 19.1. The number of benzene rings is 1. The number of nitrogens with zero attached hydrogens (tertiary/aromatic N) is 2. The van der Waals surface area contributed by atoms with Crippen LogP contribution in [-0.4, -0.2) is 44.4 Å². The number of ketones is 2. The molecule has 0 bridgehead atoms. The third-order valence-corrected chi connectivity index (χ3v) is 6.62. The lowest BCUT2D eigenvalue weighted by atomic mass is 9.86. The third-order valence-electron chi connectivity index (χ3n) is 6.62. The number of fused-ring (bicyclic) bond motifs is 2. The van der Waals surface area contributed by atoms with Crippen molar-refractivity contribution in [2.24, 2.45) is 7.05 Å². The molecule has 1 N–H and O–H groups in total. The Morgan fingerprint density at radius 2 is 1.89 bits per heavy atom. The zero-order valence-electron chi connectivity index (χ0n) is 22.1. The number of pyridine rings is 1. The summed E-state index contributed by atoms with van der Waals surface area (Å²) in [5.41, 5.74) is 2.60. The van der Waals surface area contributed by atoms with Crippen molar-refractivity contribution < 1.29 is 33.4 Å². The van der Waals surface area contributed by atoms with E-state index >= 15 is 4.39 Å². The predicted octanol–water partition coefficient (Wildman–Crippen LogP) is 5.03. The van der Waals surface area contributed by atoms with E-state index in [1.165, 1.54) is 23.6 Å². The molecular weight excluding hydrogens is 479 g/mol. The Morgan fingerprint density at radius 3 is 2.49 bits per heavy atom. The average Bonchev–Trinajstić information content (AvgIpc) is 3.14. The van der Waals surface area contributed by atoms with Gasteiger partial charge in [0.2, 0.25) is 11.6 Å². The number of aryl methyl sites for hydroxylation is 2. The Labute approximate surface area is 214 Å². The van der Waals surface area contributed by atoms with Crippen LogP contribution in [0.3, 0.4) is 0 Å². The number of carbonyl (C=O) groups excluding carboxylic acids is 2. The van der Waals surface area contributed by atoms with E-state index in [2.05, 4.69) is 4.98 Å². The van der Waals surface area contributed by atoms with Gasteiger partial charge >= 0.3 is 5.97 Å². The number of carboxylic acids is 1. The molecule has 0 saturated heterocycles. The molecule has 0 spiro atoms. The number of aliphatic carboxylic acids is 1. The summed E-state index contributed by atoms with van der Waals surface area (Å²) in [5, 5.41) is 10.7. The van der Waals surface area contributed by atoms with Crippen LogP contribution >= 0.6 is 0 Å². The van der Waals surface area contributed by atoms with Gasteiger partial charge in [-0.15, -0.1) is 0 Å². The number of carbonyl (C=O) groups is 3. The Balaban J connectivity index is 2.17. The summed E-state index contributed by atoms with van der Waals surface area (Å²) >= 11 is 0. The van der Waals surface area contributed by atoms with Gasteiger partial charge in [-0.2, -0.15) is 0 Å². The summed E-state index contributed by atoms with van der Waals surface area (Å²) in [5.74, 6) is -2.92. The summed E-state index contributed by atoms with van der Waals surface area (Å²) in [6.07, 6.45) is -0.0890. The molecule has 1 aliphatic heterocycles. The third kappa shape index (κ3) is 4.64. The molecule has 0 radical (unpaired) electrons. The SMILES string of the molecule is CC(=O)C(=O)c1cc2c(-c3cc(F)c4c(c3C)CCCO4)c([C@H](OC(C)(C)C)C(=O)O)c(C)nc2n1C. The van der Waals surface area contributed by atoms with Crippen LogP contribution in [-0.2, 0) is 27.8 Å². The van der Waals surface area contributed by atoms with Gasteiger partial charge in [0.25, 0.3) is 0 Å². The number of ether oxygens (including phenoxy) is 2. The van der Waals surface area contributed by atoms with Crippen LogP contribution in [0.2, 0.25) is 0 Å². The van der Waals surface area contributed by atoms with Crippen LogP contribution in [0.4, 0.5) is 4.39 Å². The van der Waals surface area contributed by atoms with Gasteiger partial charge in [-0.1, -0.05) is 0 Å². The van der Waals surface area contributed by atoms with Crippen molar-refractivity contribution in [1.29, 1.82) is 0 Å². The van der Waals surface area contributed by atoms with Crippen LogP contribution in [0.25, 0.3) is 22.2 Å². The number of Topliss-reactive ketones (excluding diaryl/α,β-unsaturated/α-hetero) is 2. The smallest absolute Gasteiger partial charge is 0.337 e.